The number of halogens is 2. The van der Waals surface area contributed by atoms with Crippen LogP contribution in [0.5, 0.6) is 0 Å². The maximum absolute atomic E-state index is 12.4. The van der Waals surface area contributed by atoms with Gasteiger partial charge in [0.15, 0.2) is 0 Å². The lowest BCUT2D eigenvalue weighted by Gasteiger charge is -2.10. The molecule has 0 aliphatic heterocycles. The van der Waals surface area contributed by atoms with Crippen LogP contribution < -0.4 is 5.32 Å². The molecule has 0 atom stereocenters. The van der Waals surface area contributed by atoms with Crippen LogP contribution in [0.1, 0.15) is 15.9 Å². The minimum Gasteiger partial charge on any atom is -0.380 e. The lowest BCUT2D eigenvalue weighted by atomic mass is 10.1. The van der Waals surface area contributed by atoms with Gasteiger partial charge in [-0.1, -0.05) is 36.0 Å². The normalized spacial score (nSPS) is 10.7. The van der Waals surface area contributed by atoms with Crippen molar-refractivity contribution in [1.82, 2.24) is 0 Å². The second kappa shape index (κ2) is 7.91. The van der Waals surface area contributed by atoms with Gasteiger partial charge in [-0.25, -0.2) is 0 Å². The molecule has 0 saturated carbocycles. The number of alkyl halides is 2. The van der Waals surface area contributed by atoms with Gasteiger partial charge in [-0.15, -0.1) is 0 Å². The summed E-state index contributed by atoms with van der Waals surface area (Å²) in [6.45, 7) is 0.324. The third-order valence-corrected chi connectivity index (χ3v) is 3.58. The molecule has 0 heterocycles. The Kier molecular flexibility index (Phi) is 5.91. The molecule has 0 unspecified atom stereocenters. The maximum atomic E-state index is 12.4. The van der Waals surface area contributed by atoms with Crippen molar-refractivity contribution in [2.24, 2.45) is 0 Å². The predicted octanol–water partition coefficient (Wildman–Crippen LogP) is 4.40. The SMILES string of the molecule is COCc1ccccc1C(=O)Nc1cccc(SC(F)F)c1. The van der Waals surface area contributed by atoms with Gasteiger partial charge in [-0.05, 0) is 29.8 Å². The number of benzene rings is 2. The molecule has 0 saturated heterocycles. The monoisotopic (exact) mass is 323 g/mol. The molecule has 0 aliphatic carbocycles. The zero-order valence-electron chi connectivity index (χ0n) is 11.9. The van der Waals surface area contributed by atoms with Crippen LogP contribution in [0.15, 0.2) is 53.4 Å². The Balaban J connectivity index is 2.15. The fourth-order valence-corrected chi connectivity index (χ4v) is 2.53. The highest BCUT2D eigenvalue weighted by Gasteiger charge is 2.12. The molecule has 1 amide bonds. The molecule has 1 N–H and O–H groups in total. The van der Waals surface area contributed by atoms with Crippen molar-refractivity contribution in [3.63, 3.8) is 0 Å². The van der Waals surface area contributed by atoms with E-state index in [1.807, 2.05) is 12.1 Å². The van der Waals surface area contributed by atoms with Crippen molar-refractivity contribution in [3.8, 4) is 0 Å². The first kappa shape index (κ1) is 16.5. The molecule has 2 rings (SSSR count). The fraction of sp³-hybridized carbons (Fsp3) is 0.188. The number of carbonyl (C=O) groups is 1. The van der Waals surface area contributed by atoms with Gasteiger partial charge in [0.05, 0.1) is 6.61 Å². The van der Waals surface area contributed by atoms with Gasteiger partial charge >= 0.3 is 0 Å². The number of carbonyl (C=O) groups excluding carboxylic acids is 1. The zero-order chi connectivity index (χ0) is 15.9. The second-order valence-electron chi connectivity index (χ2n) is 4.45. The van der Waals surface area contributed by atoms with Crippen molar-refractivity contribution >= 4 is 23.4 Å². The number of nitrogens with one attached hydrogen (secondary N) is 1. The molecule has 0 radical (unpaired) electrons. The summed E-state index contributed by atoms with van der Waals surface area (Å²) >= 11 is 0.442. The van der Waals surface area contributed by atoms with Gasteiger partial charge in [0.2, 0.25) is 0 Å². The molecule has 6 heteroatoms. The molecule has 0 bridgehead atoms. The average Bonchev–Trinajstić information content (AvgIpc) is 2.47. The van der Waals surface area contributed by atoms with Crippen LogP contribution >= 0.6 is 11.8 Å². The molecule has 0 spiro atoms. The molecule has 116 valence electrons. The van der Waals surface area contributed by atoms with Gasteiger partial charge in [0.1, 0.15) is 0 Å². The highest BCUT2D eigenvalue weighted by Crippen LogP contribution is 2.27. The highest BCUT2D eigenvalue weighted by atomic mass is 32.2. The Labute approximate surface area is 131 Å². The molecule has 0 aliphatic rings. The quantitative estimate of drug-likeness (QED) is 0.801. The largest absolute Gasteiger partial charge is 0.380 e. The number of methoxy groups -OCH3 is 1. The van der Waals surface area contributed by atoms with E-state index in [4.69, 9.17) is 4.74 Å². The summed E-state index contributed by atoms with van der Waals surface area (Å²) in [6.07, 6.45) is 0. The first-order valence-electron chi connectivity index (χ1n) is 6.53. The van der Waals surface area contributed by atoms with Crippen molar-refractivity contribution < 1.29 is 18.3 Å². The van der Waals surface area contributed by atoms with Crippen molar-refractivity contribution in [1.29, 1.82) is 0 Å². The summed E-state index contributed by atoms with van der Waals surface area (Å²) in [5, 5.41) is 2.72. The Morgan fingerprint density at radius 1 is 1.23 bits per heavy atom. The van der Waals surface area contributed by atoms with Crippen molar-refractivity contribution in [2.45, 2.75) is 17.3 Å². The Morgan fingerprint density at radius 3 is 2.73 bits per heavy atom. The highest BCUT2D eigenvalue weighted by molar-refractivity contribution is 7.99. The third kappa shape index (κ3) is 4.54. The minimum absolute atomic E-state index is 0.299. The number of ether oxygens (including phenoxy) is 1. The number of anilines is 1. The van der Waals surface area contributed by atoms with Gasteiger partial charge < -0.3 is 10.1 Å². The van der Waals surface area contributed by atoms with E-state index in [9.17, 15) is 13.6 Å². The van der Waals surface area contributed by atoms with E-state index in [1.54, 1.807) is 37.4 Å². The van der Waals surface area contributed by atoms with Gasteiger partial charge in [0, 0.05) is 23.3 Å². The van der Waals surface area contributed by atoms with Crippen LogP contribution in [-0.4, -0.2) is 18.8 Å². The summed E-state index contributed by atoms with van der Waals surface area (Å²) in [5.41, 5.74) is 1.74. The van der Waals surface area contributed by atoms with Crippen molar-refractivity contribution in [2.75, 3.05) is 12.4 Å². The van der Waals surface area contributed by atoms with Crippen LogP contribution in [0.2, 0.25) is 0 Å². The van der Waals surface area contributed by atoms with Crippen LogP contribution in [0, 0.1) is 0 Å². The van der Waals surface area contributed by atoms with Gasteiger partial charge in [-0.2, -0.15) is 8.78 Å². The Hall–Kier alpha value is -1.92. The molecule has 2 aromatic rings. The fourth-order valence-electron chi connectivity index (χ4n) is 1.97. The van der Waals surface area contributed by atoms with E-state index in [1.165, 1.54) is 6.07 Å². The van der Waals surface area contributed by atoms with E-state index < -0.39 is 5.76 Å². The molecule has 0 fully saturated rings. The molecule has 3 nitrogen and oxygen atoms in total. The molecular formula is C16H15F2NO2S. The smallest absolute Gasteiger partial charge is 0.288 e. The minimum atomic E-state index is -2.49. The van der Waals surface area contributed by atoms with Crippen molar-refractivity contribution in [3.05, 3.63) is 59.7 Å². The van der Waals surface area contributed by atoms with Crippen LogP contribution in [0.25, 0.3) is 0 Å². The summed E-state index contributed by atoms with van der Waals surface area (Å²) in [4.78, 5) is 12.7. The van der Waals surface area contributed by atoms with E-state index in [2.05, 4.69) is 5.32 Å². The van der Waals surface area contributed by atoms with E-state index in [-0.39, 0.29) is 5.91 Å². The van der Waals surface area contributed by atoms with Crippen LogP contribution in [0.3, 0.4) is 0 Å². The first-order valence-corrected chi connectivity index (χ1v) is 7.41. The number of thioether (sulfide) groups is 1. The summed E-state index contributed by atoms with van der Waals surface area (Å²) in [6, 6.07) is 13.5. The molecular weight excluding hydrogens is 308 g/mol. The Morgan fingerprint density at radius 2 is 2.00 bits per heavy atom. The van der Waals surface area contributed by atoms with Crippen LogP contribution in [0.4, 0.5) is 14.5 Å². The number of amides is 1. The van der Waals surface area contributed by atoms with Gasteiger partial charge in [-0.3, -0.25) is 4.79 Å². The lowest BCUT2D eigenvalue weighted by Crippen LogP contribution is -2.14. The summed E-state index contributed by atoms with van der Waals surface area (Å²) in [5.74, 6) is -2.79. The summed E-state index contributed by atoms with van der Waals surface area (Å²) < 4.78 is 29.8. The number of hydrogen-bond acceptors (Lipinski definition) is 3. The predicted molar refractivity (Wildman–Crippen MR) is 83.4 cm³/mol. The molecule has 22 heavy (non-hydrogen) atoms. The maximum Gasteiger partial charge on any atom is 0.288 e. The lowest BCUT2D eigenvalue weighted by molar-refractivity contribution is 0.102. The Bertz CT molecular complexity index is 650. The molecule has 0 aromatic heterocycles. The van der Waals surface area contributed by atoms with E-state index in [0.717, 1.165) is 5.56 Å². The number of hydrogen-bond donors (Lipinski definition) is 1. The van der Waals surface area contributed by atoms with Crippen LogP contribution in [-0.2, 0) is 11.3 Å². The summed E-state index contributed by atoms with van der Waals surface area (Å²) in [7, 11) is 1.56. The average molecular weight is 323 g/mol. The number of rotatable bonds is 6. The topological polar surface area (TPSA) is 38.3 Å². The second-order valence-corrected chi connectivity index (χ2v) is 5.51. The van der Waals surface area contributed by atoms with Gasteiger partial charge in [0.25, 0.3) is 11.7 Å². The van der Waals surface area contributed by atoms with E-state index in [0.29, 0.717) is 34.5 Å². The standard InChI is InChI=1S/C16H15F2NO2S/c1-21-10-11-5-2-3-8-14(11)15(20)19-12-6-4-7-13(9-12)22-16(17)18/h2-9,16H,10H2,1H3,(H,19,20). The first-order chi connectivity index (χ1) is 10.6. The zero-order valence-corrected chi connectivity index (χ0v) is 12.7. The third-order valence-electron chi connectivity index (χ3n) is 2.88. The van der Waals surface area contributed by atoms with E-state index >= 15 is 0 Å². The molecule has 2 aromatic carbocycles.